The first-order valence-corrected chi connectivity index (χ1v) is 11.1. The number of hydrogen-bond acceptors (Lipinski definition) is 5. The van der Waals surface area contributed by atoms with Gasteiger partial charge in [0.2, 0.25) is 0 Å². The van der Waals surface area contributed by atoms with Gasteiger partial charge in [-0.2, -0.15) is 0 Å². The van der Waals surface area contributed by atoms with Gasteiger partial charge in [0.25, 0.3) is 17.5 Å². The second kappa shape index (κ2) is 10.5. The molecule has 0 atom stereocenters. The molecule has 0 aliphatic rings. The molecule has 4 aromatic rings. The van der Waals surface area contributed by atoms with Crippen molar-refractivity contribution in [3.05, 3.63) is 118 Å². The number of nitro benzene ring substituents is 1. The molecule has 0 radical (unpaired) electrons. The normalized spacial score (nSPS) is 10.4. The molecule has 36 heavy (non-hydrogen) atoms. The minimum Gasteiger partial charge on any atom is -0.457 e. The molecule has 0 aliphatic carbocycles. The number of non-ortho nitro benzene ring substituents is 1. The van der Waals surface area contributed by atoms with E-state index < -0.39 is 16.7 Å². The Morgan fingerprint density at radius 2 is 1.39 bits per heavy atom. The Labute approximate surface area is 207 Å². The highest BCUT2D eigenvalue weighted by Gasteiger charge is 2.21. The van der Waals surface area contributed by atoms with E-state index >= 15 is 0 Å². The van der Waals surface area contributed by atoms with Crippen LogP contribution in [0.15, 0.2) is 94.9 Å². The SMILES string of the molecule is Cc1ccccc1NC(=O)C(=Cc1ccc(-c2cccc([N+](=O)[O-])c2)o1)C(=O)Nc1ccccc1C. The Kier molecular flexibility index (Phi) is 7.06. The first-order chi connectivity index (χ1) is 17.3. The van der Waals surface area contributed by atoms with E-state index in [9.17, 15) is 19.7 Å². The minimum atomic E-state index is -0.608. The molecule has 0 saturated carbocycles. The van der Waals surface area contributed by atoms with E-state index in [0.29, 0.717) is 22.7 Å². The number of hydrogen-bond donors (Lipinski definition) is 2. The molecule has 0 fully saturated rings. The van der Waals surface area contributed by atoms with Crippen LogP contribution in [0.1, 0.15) is 16.9 Å². The van der Waals surface area contributed by atoms with E-state index in [4.69, 9.17) is 4.42 Å². The third-order valence-electron chi connectivity index (χ3n) is 5.53. The summed E-state index contributed by atoms with van der Waals surface area (Å²) in [6.07, 6.45) is 1.35. The van der Waals surface area contributed by atoms with Crippen LogP contribution in [0.2, 0.25) is 0 Å². The van der Waals surface area contributed by atoms with E-state index in [2.05, 4.69) is 10.6 Å². The van der Waals surface area contributed by atoms with Crippen LogP contribution in [-0.2, 0) is 9.59 Å². The fourth-order valence-corrected chi connectivity index (χ4v) is 3.54. The molecule has 4 rings (SSSR count). The second-order valence-electron chi connectivity index (χ2n) is 8.11. The monoisotopic (exact) mass is 481 g/mol. The van der Waals surface area contributed by atoms with Crippen LogP contribution in [0.3, 0.4) is 0 Å². The van der Waals surface area contributed by atoms with Crippen LogP contribution < -0.4 is 10.6 Å². The number of nitrogens with one attached hydrogen (secondary N) is 2. The van der Waals surface area contributed by atoms with Crippen LogP contribution in [0, 0.1) is 24.0 Å². The molecule has 8 heteroatoms. The molecule has 2 amide bonds. The molecule has 1 heterocycles. The van der Waals surface area contributed by atoms with Crippen molar-refractivity contribution in [2.75, 3.05) is 10.6 Å². The van der Waals surface area contributed by atoms with Crippen LogP contribution in [0.5, 0.6) is 0 Å². The van der Waals surface area contributed by atoms with Gasteiger partial charge < -0.3 is 15.1 Å². The van der Waals surface area contributed by atoms with Crippen molar-refractivity contribution in [2.45, 2.75) is 13.8 Å². The fourth-order valence-electron chi connectivity index (χ4n) is 3.54. The quantitative estimate of drug-likeness (QED) is 0.108. The molecule has 8 nitrogen and oxygen atoms in total. The summed E-state index contributed by atoms with van der Waals surface area (Å²) in [6.45, 7) is 3.70. The van der Waals surface area contributed by atoms with Crippen molar-refractivity contribution in [3.63, 3.8) is 0 Å². The van der Waals surface area contributed by atoms with Gasteiger partial charge in [-0.15, -0.1) is 0 Å². The molecular formula is C28H23N3O5. The van der Waals surface area contributed by atoms with Gasteiger partial charge in [0.1, 0.15) is 17.1 Å². The number of nitro groups is 1. The van der Waals surface area contributed by atoms with Gasteiger partial charge in [-0.25, -0.2) is 0 Å². The van der Waals surface area contributed by atoms with Crippen molar-refractivity contribution in [1.82, 2.24) is 0 Å². The first-order valence-electron chi connectivity index (χ1n) is 11.1. The zero-order valence-corrected chi connectivity index (χ0v) is 19.6. The van der Waals surface area contributed by atoms with Crippen molar-refractivity contribution >= 4 is 35.0 Å². The Morgan fingerprint density at radius 1 is 0.806 bits per heavy atom. The third-order valence-corrected chi connectivity index (χ3v) is 5.53. The second-order valence-corrected chi connectivity index (χ2v) is 8.11. The van der Waals surface area contributed by atoms with Gasteiger partial charge in [0, 0.05) is 29.1 Å². The molecular weight excluding hydrogens is 458 g/mol. The van der Waals surface area contributed by atoms with Crippen molar-refractivity contribution < 1.29 is 18.9 Å². The first kappa shape index (κ1) is 24.2. The van der Waals surface area contributed by atoms with Crippen molar-refractivity contribution in [3.8, 4) is 11.3 Å². The molecule has 0 unspecified atom stereocenters. The number of para-hydroxylation sites is 2. The van der Waals surface area contributed by atoms with E-state index in [0.717, 1.165) is 11.1 Å². The van der Waals surface area contributed by atoms with E-state index in [1.54, 1.807) is 48.5 Å². The van der Waals surface area contributed by atoms with Gasteiger partial charge in [-0.1, -0.05) is 48.5 Å². The maximum Gasteiger partial charge on any atom is 0.270 e. The van der Waals surface area contributed by atoms with Gasteiger partial charge in [0.05, 0.1) is 4.92 Å². The average Bonchev–Trinajstić information content (AvgIpc) is 3.34. The summed E-state index contributed by atoms with van der Waals surface area (Å²) >= 11 is 0. The Morgan fingerprint density at radius 3 is 1.94 bits per heavy atom. The zero-order chi connectivity index (χ0) is 25.7. The standard InChI is InChI=1S/C28H23N3O5/c1-18-8-3-5-12-24(18)29-27(32)23(28(33)30-25-13-6-4-9-19(25)2)17-22-14-15-26(36-22)20-10-7-11-21(16-20)31(34)35/h3-17H,1-2H3,(H,29,32)(H,30,33). The van der Waals surface area contributed by atoms with Gasteiger partial charge >= 0.3 is 0 Å². The van der Waals surface area contributed by atoms with Crippen LogP contribution in [0.25, 0.3) is 17.4 Å². The lowest BCUT2D eigenvalue weighted by Gasteiger charge is -2.12. The van der Waals surface area contributed by atoms with Crippen LogP contribution in [-0.4, -0.2) is 16.7 Å². The average molecular weight is 482 g/mol. The van der Waals surface area contributed by atoms with Gasteiger partial charge in [0.15, 0.2) is 0 Å². The number of benzene rings is 3. The molecule has 2 N–H and O–H groups in total. The number of nitrogens with zero attached hydrogens (tertiary/aromatic N) is 1. The van der Waals surface area contributed by atoms with Crippen molar-refractivity contribution in [1.29, 1.82) is 0 Å². The minimum absolute atomic E-state index is 0.0723. The summed E-state index contributed by atoms with van der Waals surface area (Å²) in [4.78, 5) is 37.1. The third kappa shape index (κ3) is 5.56. The summed E-state index contributed by atoms with van der Waals surface area (Å²) in [7, 11) is 0. The number of furan rings is 1. The number of carbonyl (C=O) groups excluding carboxylic acids is 2. The highest BCUT2D eigenvalue weighted by atomic mass is 16.6. The van der Waals surface area contributed by atoms with Gasteiger partial charge in [-0.3, -0.25) is 19.7 Å². The van der Waals surface area contributed by atoms with Crippen LogP contribution >= 0.6 is 0 Å². The predicted octanol–water partition coefficient (Wildman–Crippen LogP) is 6.13. The number of rotatable bonds is 7. The summed E-state index contributed by atoms with van der Waals surface area (Å²) < 4.78 is 5.82. The molecule has 0 spiro atoms. The molecule has 1 aromatic heterocycles. The maximum atomic E-state index is 13.2. The topological polar surface area (TPSA) is 114 Å². The maximum absolute atomic E-state index is 13.2. The Hall–Kier alpha value is -4.98. The highest BCUT2D eigenvalue weighted by Crippen LogP contribution is 2.27. The molecule has 0 aliphatic heterocycles. The highest BCUT2D eigenvalue weighted by molar-refractivity contribution is 6.28. The van der Waals surface area contributed by atoms with E-state index in [-0.39, 0.29) is 17.0 Å². The van der Waals surface area contributed by atoms with Gasteiger partial charge in [-0.05, 0) is 55.3 Å². The predicted molar refractivity (Wildman–Crippen MR) is 138 cm³/mol. The van der Waals surface area contributed by atoms with Crippen molar-refractivity contribution in [2.24, 2.45) is 0 Å². The molecule has 3 aromatic carbocycles. The van der Waals surface area contributed by atoms with E-state index in [1.807, 2.05) is 38.1 Å². The smallest absolute Gasteiger partial charge is 0.270 e. The summed E-state index contributed by atoms with van der Waals surface area (Å²) in [5, 5.41) is 16.7. The largest absolute Gasteiger partial charge is 0.457 e. The number of anilines is 2. The Balaban J connectivity index is 1.68. The molecule has 180 valence electrons. The molecule has 0 saturated heterocycles. The zero-order valence-electron chi connectivity index (χ0n) is 19.6. The Bertz CT molecular complexity index is 1420. The molecule has 0 bridgehead atoms. The lowest BCUT2D eigenvalue weighted by atomic mass is 10.1. The lowest BCUT2D eigenvalue weighted by Crippen LogP contribution is -2.25. The number of carbonyl (C=O) groups is 2. The van der Waals surface area contributed by atoms with Crippen LogP contribution in [0.4, 0.5) is 17.1 Å². The van der Waals surface area contributed by atoms with E-state index in [1.165, 1.54) is 18.2 Å². The fraction of sp³-hybridized carbons (Fsp3) is 0.0714. The summed E-state index contributed by atoms with van der Waals surface area (Å²) in [5.41, 5.74) is 3.10. The number of aryl methyl sites for hydroxylation is 2. The lowest BCUT2D eigenvalue weighted by molar-refractivity contribution is -0.384. The number of amides is 2. The summed E-state index contributed by atoms with van der Waals surface area (Å²) in [6, 6.07) is 23.7. The summed E-state index contributed by atoms with van der Waals surface area (Å²) in [5.74, 6) is -0.610.